The van der Waals surface area contributed by atoms with Gasteiger partial charge in [0.1, 0.15) is 5.75 Å². The van der Waals surface area contributed by atoms with E-state index in [4.69, 9.17) is 4.74 Å². The van der Waals surface area contributed by atoms with Crippen LogP contribution in [0.4, 0.5) is 0 Å². The molecule has 0 bridgehead atoms. The van der Waals surface area contributed by atoms with Crippen molar-refractivity contribution in [3.63, 3.8) is 0 Å². The molecule has 3 nitrogen and oxygen atoms in total. The molecule has 0 aliphatic heterocycles. The van der Waals surface area contributed by atoms with Crippen LogP contribution in [-0.2, 0) is 12.8 Å². The Hall–Kier alpha value is -1.48. The minimum Gasteiger partial charge on any atom is -0.495 e. The van der Waals surface area contributed by atoms with E-state index in [-0.39, 0.29) is 0 Å². The largest absolute Gasteiger partial charge is 0.495 e. The summed E-state index contributed by atoms with van der Waals surface area (Å²) < 4.78 is 5.47. The number of fused-ring (bicyclic) bond motifs is 3. The second kappa shape index (κ2) is 4.32. The van der Waals surface area contributed by atoms with Crippen LogP contribution in [-0.4, -0.2) is 25.2 Å². The third kappa shape index (κ3) is 1.62. The van der Waals surface area contributed by atoms with Crippen molar-refractivity contribution in [1.82, 2.24) is 10.3 Å². The predicted molar refractivity (Wildman–Crippen MR) is 74.5 cm³/mol. The first kappa shape index (κ1) is 11.6. The fourth-order valence-electron chi connectivity index (χ4n) is 3.10. The third-order valence-corrected chi connectivity index (χ3v) is 4.14. The molecule has 0 amide bonds. The summed E-state index contributed by atoms with van der Waals surface area (Å²) in [6, 6.07) is 4.80. The van der Waals surface area contributed by atoms with E-state index in [1.54, 1.807) is 7.11 Å². The Labute approximate surface area is 108 Å². The van der Waals surface area contributed by atoms with Crippen LogP contribution in [0.15, 0.2) is 12.1 Å². The van der Waals surface area contributed by atoms with E-state index >= 15 is 0 Å². The number of aryl methyl sites for hydroxylation is 2. The summed E-state index contributed by atoms with van der Waals surface area (Å²) in [4.78, 5) is 3.57. The maximum atomic E-state index is 5.47. The number of H-pyrrole nitrogens is 1. The lowest BCUT2D eigenvalue weighted by Gasteiger charge is -2.22. The lowest BCUT2D eigenvalue weighted by Crippen LogP contribution is -2.31. The first-order valence-electron chi connectivity index (χ1n) is 6.59. The number of hydrogen-bond donors (Lipinski definition) is 2. The number of benzene rings is 1. The summed E-state index contributed by atoms with van der Waals surface area (Å²) in [5.41, 5.74) is 5.37. The molecule has 0 fully saturated rings. The van der Waals surface area contributed by atoms with Crippen molar-refractivity contribution in [2.45, 2.75) is 32.2 Å². The van der Waals surface area contributed by atoms with E-state index in [0.29, 0.717) is 6.04 Å². The number of nitrogens with one attached hydrogen (secondary N) is 2. The molecule has 3 heteroatoms. The summed E-state index contributed by atoms with van der Waals surface area (Å²) in [6.45, 7) is 2.18. The van der Waals surface area contributed by atoms with Crippen LogP contribution < -0.4 is 10.1 Å². The number of rotatable bonds is 2. The highest BCUT2D eigenvalue weighted by Crippen LogP contribution is 2.35. The first-order chi connectivity index (χ1) is 8.74. The molecule has 0 saturated heterocycles. The van der Waals surface area contributed by atoms with Gasteiger partial charge >= 0.3 is 0 Å². The van der Waals surface area contributed by atoms with E-state index in [0.717, 1.165) is 18.6 Å². The second-order valence-electron chi connectivity index (χ2n) is 5.15. The van der Waals surface area contributed by atoms with Gasteiger partial charge in [0.2, 0.25) is 0 Å². The zero-order valence-corrected chi connectivity index (χ0v) is 11.3. The molecule has 1 heterocycles. The second-order valence-corrected chi connectivity index (χ2v) is 5.15. The van der Waals surface area contributed by atoms with Crippen molar-refractivity contribution in [3.8, 4) is 5.75 Å². The van der Waals surface area contributed by atoms with E-state index in [2.05, 4.69) is 36.4 Å². The maximum Gasteiger partial charge on any atom is 0.142 e. The Morgan fingerprint density at radius 1 is 1.39 bits per heavy atom. The molecular formula is C15H20N2O. The summed E-state index contributed by atoms with van der Waals surface area (Å²) in [5.74, 6) is 0.950. The molecule has 1 unspecified atom stereocenters. The average Bonchev–Trinajstić information content (AvgIpc) is 2.78. The molecule has 96 valence electrons. The van der Waals surface area contributed by atoms with Gasteiger partial charge in [0.05, 0.1) is 12.6 Å². The van der Waals surface area contributed by atoms with Gasteiger partial charge in [-0.3, -0.25) is 0 Å². The molecule has 1 aliphatic rings. The molecule has 2 N–H and O–H groups in total. The van der Waals surface area contributed by atoms with Crippen LogP contribution in [0.1, 0.15) is 23.2 Å². The lowest BCUT2D eigenvalue weighted by molar-refractivity contribution is 0.419. The minimum absolute atomic E-state index is 0.599. The van der Waals surface area contributed by atoms with Crippen molar-refractivity contribution >= 4 is 10.9 Å². The summed E-state index contributed by atoms with van der Waals surface area (Å²) in [6.07, 6.45) is 3.44. The smallest absolute Gasteiger partial charge is 0.142 e. The summed E-state index contributed by atoms with van der Waals surface area (Å²) in [5, 5.41) is 4.77. The topological polar surface area (TPSA) is 37.0 Å². The highest BCUT2D eigenvalue weighted by Gasteiger charge is 2.23. The normalized spacial score (nSPS) is 18.9. The van der Waals surface area contributed by atoms with Crippen LogP contribution in [0.2, 0.25) is 0 Å². The van der Waals surface area contributed by atoms with Gasteiger partial charge in [0.15, 0.2) is 0 Å². The molecule has 1 aromatic carbocycles. The fourth-order valence-corrected chi connectivity index (χ4v) is 3.10. The average molecular weight is 244 g/mol. The Balaban J connectivity index is 2.22. The summed E-state index contributed by atoms with van der Waals surface area (Å²) >= 11 is 0. The van der Waals surface area contributed by atoms with Gasteiger partial charge in [-0.05, 0) is 50.4 Å². The number of aromatic nitrogens is 1. The van der Waals surface area contributed by atoms with Crippen LogP contribution in [0.5, 0.6) is 5.75 Å². The predicted octanol–water partition coefficient (Wildman–Crippen LogP) is 2.56. The van der Waals surface area contributed by atoms with Crippen LogP contribution in [0.25, 0.3) is 10.9 Å². The number of aromatic amines is 1. The van der Waals surface area contributed by atoms with Gasteiger partial charge in [-0.25, -0.2) is 0 Å². The highest BCUT2D eigenvalue weighted by molar-refractivity contribution is 5.92. The van der Waals surface area contributed by atoms with Crippen molar-refractivity contribution in [2.24, 2.45) is 0 Å². The number of ether oxygens (including phenoxy) is 1. The Kier molecular flexibility index (Phi) is 2.78. The van der Waals surface area contributed by atoms with E-state index in [9.17, 15) is 0 Å². The first-order valence-corrected chi connectivity index (χ1v) is 6.59. The van der Waals surface area contributed by atoms with Gasteiger partial charge in [-0.2, -0.15) is 0 Å². The minimum atomic E-state index is 0.599. The number of hydrogen-bond acceptors (Lipinski definition) is 2. The van der Waals surface area contributed by atoms with Crippen molar-refractivity contribution in [2.75, 3.05) is 14.2 Å². The molecule has 0 radical (unpaired) electrons. The van der Waals surface area contributed by atoms with Crippen molar-refractivity contribution in [1.29, 1.82) is 0 Å². The Morgan fingerprint density at radius 2 is 2.22 bits per heavy atom. The molecule has 1 atom stereocenters. The lowest BCUT2D eigenvalue weighted by atomic mass is 9.90. The Morgan fingerprint density at radius 3 is 2.94 bits per heavy atom. The van der Waals surface area contributed by atoms with Crippen LogP contribution in [0, 0.1) is 6.92 Å². The Bertz CT molecular complexity index is 586. The van der Waals surface area contributed by atoms with E-state index in [1.807, 2.05) is 0 Å². The van der Waals surface area contributed by atoms with Gasteiger partial charge in [-0.1, -0.05) is 6.07 Å². The van der Waals surface area contributed by atoms with E-state index < -0.39 is 0 Å². The number of likely N-dealkylation sites (N-methyl/N-ethyl adjacent to an activating group) is 1. The summed E-state index contributed by atoms with van der Waals surface area (Å²) in [7, 11) is 3.79. The number of methoxy groups -OCH3 is 1. The SMILES string of the molecule is CNC1CCc2[nH]c3c(OC)ccc(C)c3c2C1. The zero-order chi connectivity index (χ0) is 12.7. The van der Waals surface area contributed by atoms with Crippen molar-refractivity contribution in [3.05, 3.63) is 29.0 Å². The van der Waals surface area contributed by atoms with Crippen LogP contribution >= 0.6 is 0 Å². The molecule has 1 aliphatic carbocycles. The maximum absolute atomic E-state index is 5.47. The van der Waals surface area contributed by atoms with Crippen LogP contribution in [0.3, 0.4) is 0 Å². The molecule has 18 heavy (non-hydrogen) atoms. The van der Waals surface area contributed by atoms with E-state index in [1.165, 1.54) is 34.1 Å². The van der Waals surface area contributed by atoms with Gasteiger partial charge in [0.25, 0.3) is 0 Å². The third-order valence-electron chi connectivity index (χ3n) is 4.14. The molecule has 1 aromatic heterocycles. The molecule has 0 spiro atoms. The van der Waals surface area contributed by atoms with Gasteiger partial charge in [-0.15, -0.1) is 0 Å². The highest BCUT2D eigenvalue weighted by atomic mass is 16.5. The van der Waals surface area contributed by atoms with Crippen molar-refractivity contribution < 1.29 is 4.74 Å². The monoisotopic (exact) mass is 244 g/mol. The molecule has 3 rings (SSSR count). The quantitative estimate of drug-likeness (QED) is 0.852. The van der Waals surface area contributed by atoms with Gasteiger partial charge < -0.3 is 15.0 Å². The molecule has 0 saturated carbocycles. The molecule has 2 aromatic rings. The van der Waals surface area contributed by atoms with Gasteiger partial charge in [0, 0.05) is 17.1 Å². The standard InChI is InChI=1S/C15H20N2O/c1-9-4-7-13(18-3)15-14(9)11-8-10(16-2)5-6-12(11)17-15/h4,7,10,16-17H,5-6,8H2,1-3H3. The molecular weight excluding hydrogens is 224 g/mol. The zero-order valence-electron chi connectivity index (χ0n) is 11.3. The fraction of sp³-hybridized carbons (Fsp3) is 0.467.